The van der Waals surface area contributed by atoms with Gasteiger partial charge in [-0.15, -0.1) is 0 Å². The molecule has 4 N–H and O–H groups in total. The lowest BCUT2D eigenvalue weighted by Crippen LogP contribution is -2.17. The van der Waals surface area contributed by atoms with Crippen LogP contribution in [-0.2, 0) is 36.0 Å². The Morgan fingerprint density at radius 3 is 1.73 bits per heavy atom. The molecule has 0 fully saturated rings. The van der Waals surface area contributed by atoms with Crippen LogP contribution in [0.25, 0.3) is 11.0 Å². The molecule has 3 unspecified atom stereocenters. The Bertz CT molecular complexity index is 1620. The highest BCUT2D eigenvalue weighted by atomic mass is 31.2. The van der Waals surface area contributed by atoms with Gasteiger partial charge >= 0.3 is 7.60 Å². The van der Waals surface area contributed by atoms with Gasteiger partial charge in [-0.25, -0.2) is 9.03 Å². The van der Waals surface area contributed by atoms with E-state index in [0.717, 1.165) is 11.4 Å². The van der Waals surface area contributed by atoms with E-state index in [9.17, 15) is 18.7 Å². The normalized spacial score (nSPS) is 14.9. The number of H-pyrrole nitrogens is 2. The zero-order valence-corrected chi connectivity index (χ0v) is 24.4. The van der Waals surface area contributed by atoms with E-state index in [1.54, 1.807) is 43.2 Å². The number of hydrogen-bond donors (Lipinski definition) is 4. The van der Waals surface area contributed by atoms with E-state index in [1.807, 2.05) is 13.0 Å². The second-order valence-electron chi connectivity index (χ2n) is 9.20. The van der Waals surface area contributed by atoms with Gasteiger partial charge < -0.3 is 33.8 Å². The average molecular weight is 601 g/mol. The van der Waals surface area contributed by atoms with Crippen LogP contribution >= 0.6 is 15.0 Å². The van der Waals surface area contributed by atoms with Crippen molar-refractivity contribution in [1.82, 2.24) is 29.2 Å². The molecular formula is C23H34N6O9P2. The first-order valence-electron chi connectivity index (χ1n) is 12.4. The van der Waals surface area contributed by atoms with Gasteiger partial charge in [-0.3, -0.25) is 18.7 Å². The monoisotopic (exact) mass is 600 g/mol. The van der Waals surface area contributed by atoms with E-state index >= 15 is 0 Å². The lowest BCUT2D eigenvalue weighted by Gasteiger charge is -2.17. The highest BCUT2D eigenvalue weighted by molar-refractivity contribution is 7.57. The lowest BCUT2D eigenvalue weighted by atomic mass is 10.2. The number of fused-ring (bicyclic) bond motifs is 2. The third-order valence-corrected chi connectivity index (χ3v) is 7.49. The minimum atomic E-state index is -4.17. The van der Waals surface area contributed by atoms with E-state index < -0.39 is 27.4 Å². The summed E-state index contributed by atoms with van der Waals surface area (Å²) < 4.78 is 41.6. The molecule has 40 heavy (non-hydrogen) atoms. The third-order valence-electron chi connectivity index (χ3n) is 5.59. The van der Waals surface area contributed by atoms with Gasteiger partial charge in [-0.1, -0.05) is 0 Å². The van der Waals surface area contributed by atoms with E-state index in [2.05, 4.69) is 20.2 Å². The lowest BCUT2D eigenvalue weighted by molar-refractivity contribution is 0.0877. The summed E-state index contributed by atoms with van der Waals surface area (Å²) in [6.45, 7) is 7.36. The number of nitrogens with zero attached hydrogens (tertiary/aromatic N) is 4. The van der Waals surface area contributed by atoms with E-state index in [1.165, 1.54) is 17.2 Å². The van der Waals surface area contributed by atoms with Crippen LogP contribution < -0.4 is 11.1 Å². The Balaban J connectivity index is 0.000000222. The highest BCUT2D eigenvalue weighted by Crippen LogP contribution is 2.42. The summed E-state index contributed by atoms with van der Waals surface area (Å²) in [6.07, 6.45) is 2.52. The summed E-state index contributed by atoms with van der Waals surface area (Å²) in [5.74, 6) is 0. The quantitative estimate of drug-likeness (QED) is 0.173. The summed E-state index contributed by atoms with van der Waals surface area (Å²) in [6, 6.07) is 6.93. The number of aromatic amines is 2. The first-order valence-corrected chi connectivity index (χ1v) is 16.4. The van der Waals surface area contributed by atoms with Crippen molar-refractivity contribution >= 4 is 26.0 Å². The molecule has 0 bridgehead atoms. The van der Waals surface area contributed by atoms with Crippen molar-refractivity contribution in [1.29, 1.82) is 0 Å². The van der Waals surface area contributed by atoms with Gasteiger partial charge in [0.05, 0.1) is 18.8 Å². The number of aromatic nitrogens is 6. The van der Waals surface area contributed by atoms with Crippen molar-refractivity contribution in [3.8, 4) is 0 Å². The van der Waals surface area contributed by atoms with Crippen LogP contribution in [0.5, 0.6) is 0 Å². The van der Waals surface area contributed by atoms with Gasteiger partial charge in [0.2, 0.25) is 7.37 Å². The second-order valence-corrected chi connectivity index (χ2v) is 13.3. The van der Waals surface area contributed by atoms with Gasteiger partial charge in [-0.05, 0) is 45.0 Å². The zero-order chi connectivity index (χ0) is 29.5. The van der Waals surface area contributed by atoms with Gasteiger partial charge in [-0.2, -0.15) is 10.2 Å². The Morgan fingerprint density at radius 2 is 1.30 bits per heavy atom. The standard InChI is InChI=1S/C13H20N3O4P.C10H14N3O5P/c1-4-20-21(3,18)9-19-10(2)7-11-5-6-12-13(17)14-8-15-16(11)12;1-7(18-6-19(15,16)17)4-8-2-3-9-10(14)11-5-12-13(8)9/h5-6,8,10H,4,7,9H2,1-3H3,(H,14,15,17);2-3,5,7H,4,6H2,1H3,(H,11,12,14)(H2,15,16,17). The van der Waals surface area contributed by atoms with Crippen molar-refractivity contribution in [2.24, 2.45) is 0 Å². The Hall–Kier alpha value is -2.90. The van der Waals surface area contributed by atoms with Crippen LogP contribution in [0.3, 0.4) is 0 Å². The molecule has 3 atom stereocenters. The molecule has 0 amide bonds. The molecule has 0 saturated heterocycles. The van der Waals surface area contributed by atoms with E-state index in [0.29, 0.717) is 30.5 Å². The molecule has 220 valence electrons. The minimum absolute atomic E-state index is 0.0827. The molecule has 0 aliphatic heterocycles. The summed E-state index contributed by atoms with van der Waals surface area (Å²) >= 11 is 0. The molecule has 0 aromatic carbocycles. The molecule has 4 aromatic heterocycles. The van der Waals surface area contributed by atoms with Gasteiger partial charge in [0, 0.05) is 30.9 Å². The highest BCUT2D eigenvalue weighted by Gasteiger charge is 2.19. The topological polar surface area (TPSA) is 203 Å². The summed E-state index contributed by atoms with van der Waals surface area (Å²) in [4.78, 5) is 45.5. The molecule has 4 aromatic rings. The average Bonchev–Trinajstić information content (AvgIpc) is 3.48. The summed E-state index contributed by atoms with van der Waals surface area (Å²) in [5, 5.41) is 8.14. The second kappa shape index (κ2) is 13.6. The van der Waals surface area contributed by atoms with Crippen molar-refractivity contribution in [2.45, 2.75) is 45.8 Å². The molecule has 0 spiro atoms. The maximum Gasteiger partial charge on any atom is 0.350 e. The van der Waals surface area contributed by atoms with Crippen LogP contribution in [0.4, 0.5) is 0 Å². The number of ether oxygens (including phenoxy) is 2. The van der Waals surface area contributed by atoms with Crippen molar-refractivity contribution in [2.75, 3.05) is 26.0 Å². The van der Waals surface area contributed by atoms with E-state index in [-0.39, 0.29) is 23.6 Å². The van der Waals surface area contributed by atoms with Crippen molar-refractivity contribution in [3.05, 3.63) is 69.0 Å². The molecule has 15 nitrogen and oxygen atoms in total. The van der Waals surface area contributed by atoms with Gasteiger partial charge in [0.25, 0.3) is 11.1 Å². The first-order chi connectivity index (χ1) is 18.8. The Morgan fingerprint density at radius 1 is 0.850 bits per heavy atom. The van der Waals surface area contributed by atoms with Crippen LogP contribution in [0.15, 0.2) is 46.5 Å². The predicted octanol–water partition coefficient (Wildman–Crippen LogP) is 1.98. The number of hydrogen-bond acceptors (Lipinski definition) is 9. The zero-order valence-electron chi connectivity index (χ0n) is 22.6. The van der Waals surface area contributed by atoms with Gasteiger partial charge in [0.15, 0.2) is 0 Å². The Labute approximate surface area is 229 Å². The summed E-state index contributed by atoms with van der Waals surface area (Å²) in [7, 11) is -6.86. The van der Waals surface area contributed by atoms with Crippen LogP contribution in [0, 0.1) is 0 Å². The minimum Gasteiger partial charge on any atom is -0.368 e. The summed E-state index contributed by atoms with van der Waals surface area (Å²) in [5.41, 5.74) is 2.09. The van der Waals surface area contributed by atoms with Crippen LogP contribution in [0.2, 0.25) is 0 Å². The molecule has 0 saturated carbocycles. The molecule has 4 rings (SSSR count). The fourth-order valence-electron chi connectivity index (χ4n) is 3.81. The smallest absolute Gasteiger partial charge is 0.350 e. The predicted molar refractivity (Wildman–Crippen MR) is 147 cm³/mol. The fraction of sp³-hybridized carbons (Fsp3) is 0.478. The molecular weight excluding hydrogens is 566 g/mol. The number of rotatable bonds is 12. The van der Waals surface area contributed by atoms with E-state index in [4.69, 9.17) is 23.8 Å². The fourth-order valence-corrected chi connectivity index (χ4v) is 5.40. The first kappa shape index (κ1) is 31.6. The maximum absolute atomic E-state index is 12.0. The Kier molecular flexibility index (Phi) is 10.8. The SMILES string of the molecule is CC(Cc1ccc2c(=O)[nH]cnn12)OCP(=O)(O)O.CCOP(C)(=O)COC(C)Cc1ccc2c(=O)[nH]cnn12. The third kappa shape index (κ3) is 9.07. The number of nitrogens with one attached hydrogen (secondary N) is 2. The molecule has 0 aliphatic carbocycles. The van der Waals surface area contributed by atoms with Crippen molar-refractivity contribution in [3.63, 3.8) is 0 Å². The maximum atomic E-state index is 12.0. The molecule has 17 heteroatoms. The van der Waals surface area contributed by atoms with Crippen LogP contribution in [0.1, 0.15) is 32.2 Å². The molecule has 0 aliphatic rings. The molecule has 0 radical (unpaired) electrons. The molecule has 4 heterocycles. The largest absolute Gasteiger partial charge is 0.368 e. The van der Waals surface area contributed by atoms with Crippen LogP contribution in [-0.4, -0.2) is 77.2 Å². The van der Waals surface area contributed by atoms with Crippen molar-refractivity contribution < 1.29 is 32.9 Å². The van der Waals surface area contributed by atoms with Gasteiger partial charge in [0.1, 0.15) is 36.4 Å².